The van der Waals surface area contributed by atoms with Crippen molar-refractivity contribution in [3.05, 3.63) is 47.0 Å². The number of thiocarbonyl (C=S) groups is 1. The molecule has 22 heavy (non-hydrogen) atoms. The first-order valence-corrected chi connectivity index (χ1v) is 7.59. The second kappa shape index (κ2) is 5.86. The van der Waals surface area contributed by atoms with Crippen LogP contribution in [0.5, 0.6) is 0 Å². The van der Waals surface area contributed by atoms with Gasteiger partial charge in [0.2, 0.25) is 0 Å². The Bertz CT molecular complexity index is 832. The lowest BCUT2D eigenvalue weighted by molar-refractivity contribution is -0.140. The highest BCUT2D eigenvalue weighted by atomic mass is 32.2. The largest absolute Gasteiger partial charge is 0.480 e. The Labute approximate surface area is 135 Å². The summed E-state index contributed by atoms with van der Waals surface area (Å²) in [4.78, 5) is 28.7. The zero-order valence-electron chi connectivity index (χ0n) is 11.2. The number of hydrogen-bond acceptors (Lipinski definition) is 5. The standard InChI is InChI=1S/C15H10N2O3S2/c18-13(19)8-17-14(20)12(22-15(17)21)7-9-3-4-11-10(6-9)2-1-5-16-11/h1-7H,8H2,(H,18,19). The summed E-state index contributed by atoms with van der Waals surface area (Å²) in [7, 11) is 0. The minimum Gasteiger partial charge on any atom is -0.480 e. The van der Waals surface area contributed by atoms with Gasteiger partial charge in [0.05, 0.1) is 10.4 Å². The molecule has 5 nitrogen and oxygen atoms in total. The van der Waals surface area contributed by atoms with E-state index in [1.54, 1.807) is 12.3 Å². The SMILES string of the molecule is O=C(O)CN1C(=O)C(=Cc2ccc3ncccc3c2)SC1=S. The lowest BCUT2D eigenvalue weighted by Crippen LogP contribution is -2.33. The molecule has 0 radical (unpaired) electrons. The van der Waals surface area contributed by atoms with Gasteiger partial charge in [0.1, 0.15) is 10.9 Å². The smallest absolute Gasteiger partial charge is 0.323 e. The molecule has 1 saturated heterocycles. The number of carbonyl (C=O) groups is 2. The number of carbonyl (C=O) groups excluding carboxylic acids is 1. The predicted molar refractivity (Wildman–Crippen MR) is 89.3 cm³/mol. The Kier molecular flexibility index (Phi) is 3.91. The minimum absolute atomic E-state index is 0.265. The topological polar surface area (TPSA) is 70.5 Å². The number of carboxylic acid groups (broad SMARTS) is 1. The normalized spacial score (nSPS) is 16.7. The molecule has 7 heteroatoms. The van der Waals surface area contributed by atoms with Gasteiger partial charge in [-0.3, -0.25) is 19.5 Å². The van der Waals surface area contributed by atoms with Gasteiger partial charge in [0.15, 0.2) is 0 Å². The molecule has 0 spiro atoms. The van der Waals surface area contributed by atoms with Crippen LogP contribution in [0.15, 0.2) is 41.4 Å². The molecule has 2 heterocycles. The van der Waals surface area contributed by atoms with Crippen LogP contribution in [0.4, 0.5) is 0 Å². The molecule has 0 aliphatic carbocycles. The minimum atomic E-state index is -1.09. The molecule has 1 aromatic carbocycles. The van der Waals surface area contributed by atoms with E-state index < -0.39 is 12.5 Å². The molecule has 0 unspecified atom stereocenters. The molecule has 0 bridgehead atoms. The molecule has 1 aromatic heterocycles. The quantitative estimate of drug-likeness (QED) is 0.689. The third-order valence-corrected chi connectivity index (χ3v) is 4.47. The van der Waals surface area contributed by atoms with Crippen LogP contribution < -0.4 is 0 Å². The van der Waals surface area contributed by atoms with Crippen LogP contribution in [-0.2, 0) is 9.59 Å². The van der Waals surface area contributed by atoms with E-state index in [2.05, 4.69) is 4.98 Å². The summed E-state index contributed by atoms with van der Waals surface area (Å²) < 4.78 is 0.265. The Morgan fingerprint density at radius 1 is 1.41 bits per heavy atom. The number of thioether (sulfide) groups is 1. The van der Waals surface area contributed by atoms with E-state index in [1.165, 1.54) is 0 Å². The van der Waals surface area contributed by atoms with E-state index in [4.69, 9.17) is 17.3 Å². The molecular formula is C15H10N2O3S2. The van der Waals surface area contributed by atoms with Crippen LogP contribution in [0.2, 0.25) is 0 Å². The molecule has 110 valence electrons. The fourth-order valence-electron chi connectivity index (χ4n) is 2.11. The van der Waals surface area contributed by atoms with Crippen LogP contribution in [0.25, 0.3) is 17.0 Å². The van der Waals surface area contributed by atoms with Crippen molar-refractivity contribution in [3.8, 4) is 0 Å². The van der Waals surface area contributed by atoms with Crippen molar-refractivity contribution in [2.24, 2.45) is 0 Å². The monoisotopic (exact) mass is 330 g/mol. The van der Waals surface area contributed by atoms with Crippen molar-refractivity contribution in [1.29, 1.82) is 0 Å². The van der Waals surface area contributed by atoms with Crippen molar-refractivity contribution >= 4 is 57.2 Å². The number of fused-ring (bicyclic) bond motifs is 1. The van der Waals surface area contributed by atoms with Gasteiger partial charge in [-0.1, -0.05) is 36.1 Å². The number of pyridine rings is 1. The van der Waals surface area contributed by atoms with Gasteiger partial charge in [0.25, 0.3) is 5.91 Å². The third kappa shape index (κ3) is 2.86. The van der Waals surface area contributed by atoms with Crippen LogP contribution in [0.1, 0.15) is 5.56 Å². The Morgan fingerprint density at radius 2 is 2.23 bits per heavy atom. The third-order valence-electron chi connectivity index (χ3n) is 3.09. The van der Waals surface area contributed by atoms with E-state index in [0.29, 0.717) is 4.91 Å². The molecule has 1 amide bonds. The van der Waals surface area contributed by atoms with E-state index in [-0.39, 0.29) is 10.2 Å². The fourth-order valence-corrected chi connectivity index (χ4v) is 3.36. The number of rotatable bonds is 3. The maximum Gasteiger partial charge on any atom is 0.323 e. The van der Waals surface area contributed by atoms with E-state index in [9.17, 15) is 9.59 Å². The number of aromatic nitrogens is 1. The van der Waals surface area contributed by atoms with E-state index in [1.807, 2.05) is 30.3 Å². The average molecular weight is 330 g/mol. The van der Waals surface area contributed by atoms with Crippen molar-refractivity contribution in [2.45, 2.75) is 0 Å². The summed E-state index contributed by atoms with van der Waals surface area (Å²) >= 11 is 6.17. The second-order valence-electron chi connectivity index (χ2n) is 4.62. The lowest BCUT2D eigenvalue weighted by atomic mass is 10.1. The second-order valence-corrected chi connectivity index (χ2v) is 6.29. The summed E-state index contributed by atoms with van der Waals surface area (Å²) in [6.45, 7) is -0.413. The van der Waals surface area contributed by atoms with Crippen molar-refractivity contribution < 1.29 is 14.7 Å². The van der Waals surface area contributed by atoms with Gasteiger partial charge in [-0.05, 0) is 29.8 Å². The predicted octanol–water partition coefficient (Wildman–Crippen LogP) is 2.52. The maximum atomic E-state index is 12.2. The van der Waals surface area contributed by atoms with Gasteiger partial charge in [-0.25, -0.2) is 0 Å². The van der Waals surface area contributed by atoms with Gasteiger partial charge in [0, 0.05) is 11.6 Å². The number of nitrogens with zero attached hydrogens (tertiary/aromatic N) is 2. The number of aliphatic carboxylic acids is 1. The lowest BCUT2D eigenvalue weighted by Gasteiger charge is -2.10. The van der Waals surface area contributed by atoms with Gasteiger partial charge < -0.3 is 5.11 Å². The van der Waals surface area contributed by atoms with Crippen molar-refractivity contribution in [2.75, 3.05) is 6.54 Å². The van der Waals surface area contributed by atoms with E-state index in [0.717, 1.165) is 33.1 Å². The highest BCUT2D eigenvalue weighted by Crippen LogP contribution is 2.32. The summed E-state index contributed by atoms with van der Waals surface area (Å²) in [5, 5.41) is 9.78. The zero-order chi connectivity index (χ0) is 15.7. The fraction of sp³-hybridized carbons (Fsp3) is 0.0667. The summed E-state index contributed by atoms with van der Waals surface area (Å²) in [6, 6.07) is 9.44. The van der Waals surface area contributed by atoms with Gasteiger partial charge in [-0.2, -0.15) is 0 Å². The summed E-state index contributed by atoms with van der Waals surface area (Å²) in [5.74, 6) is -1.46. The molecule has 0 saturated carbocycles. The summed E-state index contributed by atoms with van der Waals surface area (Å²) in [5.41, 5.74) is 1.72. The first kappa shape index (κ1) is 14.7. The van der Waals surface area contributed by atoms with Crippen LogP contribution >= 0.6 is 24.0 Å². The molecule has 3 rings (SSSR count). The average Bonchev–Trinajstić information content (AvgIpc) is 2.74. The van der Waals surface area contributed by atoms with Gasteiger partial charge in [-0.15, -0.1) is 0 Å². The zero-order valence-corrected chi connectivity index (χ0v) is 12.9. The number of carboxylic acids is 1. The number of hydrogen-bond donors (Lipinski definition) is 1. The molecule has 1 N–H and O–H groups in total. The van der Waals surface area contributed by atoms with E-state index >= 15 is 0 Å². The van der Waals surface area contributed by atoms with Crippen LogP contribution in [-0.4, -0.2) is 37.7 Å². The van der Waals surface area contributed by atoms with Crippen molar-refractivity contribution in [1.82, 2.24) is 9.88 Å². The number of amides is 1. The highest BCUT2D eigenvalue weighted by Gasteiger charge is 2.33. The molecule has 0 atom stereocenters. The van der Waals surface area contributed by atoms with Gasteiger partial charge >= 0.3 is 5.97 Å². The first-order valence-electron chi connectivity index (χ1n) is 6.36. The van der Waals surface area contributed by atoms with Crippen LogP contribution in [0, 0.1) is 0 Å². The molecule has 1 aliphatic heterocycles. The number of benzene rings is 1. The Balaban J connectivity index is 1.92. The molecule has 1 aliphatic rings. The molecular weight excluding hydrogens is 320 g/mol. The maximum absolute atomic E-state index is 12.2. The van der Waals surface area contributed by atoms with Crippen molar-refractivity contribution in [3.63, 3.8) is 0 Å². The Morgan fingerprint density at radius 3 is 3.00 bits per heavy atom. The highest BCUT2D eigenvalue weighted by molar-refractivity contribution is 8.26. The summed E-state index contributed by atoms with van der Waals surface area (Å²) in [6.07, 6.45) is 3.44. The van der Waals surface area contributed by atoms with Crippen LogP contribution in [0.3, 0.4) is 0 Å². The first-order chi connectivity index (χ1) is 10.5. The molecule has 2 aromatic rings. The molecule has 1 fully saturated rings. The Hall–Kier alpha value is -2.25.